The first-order valence-electron chi connectivity index (χ1n) is 7.00. The molecule has 0 aliphatic carbocycles. The van der Waals surface area contributed by atoms with Crippen molar-refractivity contribution in [2.75, 3.05) is 10.6 Å². The van der Waals surface area contributed by atoms with Crippen molar-refractivity contribution in [2.24, 2.45) is 0 Å². The highest BCUT2D eigenvalue weighted by atomic mass is 19.1. The SMILES string of the molecule is O=C(Cc1c[nH]cn1)Nc1c[nH]nc1C(=O)Nc1ccc(F)cc1. The molecule has 0 saturated carbocycles. The van der Waals surface area contributed by atoms with Crippen LogP contribution in [0.3, 0.4) is 0 Å². The molecule has 24 heavy (non-hydrogen) atoms. The summed E-state index contributed by atoms with van der Waals surface area (Å²) in [6, 6.07) is 5.31. The van der Waals surface area contributed by atoms with Gasteiger partial charge in [-0.15, -0.1) is 0 Å². The number of aromatic nitrogens is 4. The molecule has 3 rings (SSSR count). The number of amides is 2. The van der Waals surface area contributed by atoms with Crippen molar-refractivity contribution in [1.29, 1.82) is 0 Å². The highest BCUT2D eigenvalue weighted by Crippen LogP contribution is 2.15. The first kappa shape index (κ1) is 15.4. The third-order valence-electron chi connectivity index (χ3n) is 3.13. The van der Waals surface area contributed by atoms with Crippen LogP contribution < -0.4 is 10.6 Å². The predicted octanol–water partition coefficient (Wildman–Crippen LogP) is 1.71. The van der Waals surface area contributed by atoms with Crippen LogP contribution >= 0.6 is 0 Å². The van der Waals surface area contributed by atoms with Crippen LogP contribution in [0.4, 0.5) is 15.8 Å². The summed E-state index contributed by atoms with van der Waals surface area (Å²) in [5.41, 5.74) is 1.26. The maximum atomic E-state index is 12.9. The van der Waals surface area contributed by atoms with E-state index in [9.17, 15) is 14.0 Å². The Bertz CT molecular complexity index is 841. The van der Waals surface area contributed by atoms with Crippen molar-refractivity contribution >= 4 is 23.2 Å². The largest absolute Gasteiger partial charge is 0.351 e. The van der Waals surface area contributed by atoms with Crippen LogP contribution in [0, 0.1) is 5.82 Å². The molecule has 0 spiro atoms. The fourth-order valence-electron chi connectivity index (χ4n) is 2.03. The van der Waals surface area contributed by atoms with Gasteiger partial charge in [-0.1, -0.05) is 0 Å². The summed E-state index contributed by atoms with van der Waals surface area (Å²) in [5.74, 6) is -1.27. The predicted molar refractivity (Wildman–Crippen MR) is 83.9 cm³/mol. The zero-order valence-corrected chi connectivity index (χ0v) is 12.3. The number of rotatable bonds is 5. The molecule has 0 aliphatic rings. The average molecular weight is 328 g/mol. The van der Waals surface area contributed by atoms with Gasteiger partial charge >= 0.3 is 0 Å². The average Bonchev–Trinajstić information content (AvgIpc) is 3.21. The molecule has 2 aromatic heterocycles. The lowest BCUT2D eigenvalue weighted by molar-refractivity contribution is -0.115. The van der Waals surface area contributed by atoms with E-state index in [4.69, 9.17) is 0 Å². The number of H-pyrrole nitrogens is 2. The van der Waals surface area contributed by atoms with Crippen LogP contribution in [0.1, 0.15) is 16.2 Å². The van der Waals surface area contributed by atoms with Gasteiger partial charge in [-0.3, -0.25) is 14.7 Å². The second-order valence-corrected chi connectivity index (χ2v) is 4.89. The molecule has 0 aliphatic heterocycles. The molecule has 0 fully saturated rings. The molecular weight excluding hydrogens is 315 g/mol. The van der Waals surface area contributed by atoms with Crippen molar-refractivity contribution < 1.29 is 14.0 Å². The van der Waals surface area contributed by atoms with Crippen LogP contribution in [0.15, 0.2) is 43.0 Å². The van der Waals surface area contributed by atoms with Crippen LogP contribution in [0.5, 0.6) is 0 Å². The van der Waals surface area contributed by atoms with Gasteiger partial charge in [-0.2, -0.15) is 5.10 Å². The summed E-state index contributed by atoms with van der Waals surface area (Å²) in [4.78, 5) is 30.9. The fourth-order valence-corrected chi connectivity index (χ4v) is 2.03. The van der Waals surface area contributed by atoms with E-state index in [0.29, 0.717) is 11.4 Å². The molecule has 122 valence electrons. The summed E-state index contributed by atoms with van der Waals surface area (Å²) < 4.78 is 12.9. The second-order valence-electron chi connectivity index (χ2n) is 4.89. The topological polar surface area (TPSA) is 116 Å². The number of carbonyl (C=O) groups is 2. The van der Waals surface area contributed by atoms with Crippen molar-refractivity contribution in [2.45, 2.75) is 6.42 Å². The first-order valence-corrected chi connectivity index (χ1v) is 7.00. The minimum absolute atomic E-state index is 0.0229. The molecule has 9 heteroatoms. The molecule has 1 aromatic carbocycles. The Morgan fingerprint density at radius 2 is 1.92 bits per heavy atom. The number of carbonyl (C=O) groups excluding carboxylic acids is 2. The van der Waals surface area contributed by atoms with E-state index in [1.54, 1.807) is 6.20 Å². The molecule has 0 unspecified atom stereocenters. The van der Waals surface area contributed by atoms with Gasteiger partial charge in [0, 0.05) is 18.1 Å². The molecular formula is C15H13FN6O2. The second kappa shape index (κ2) is 6.73. The first-order chi connectivity index (χ1) is 11.6. The molecule has 4 N–H and O–H groups in total. The molecule has 3 aromatic rings. The smallest absolute Gasteiger partial charge is 0.278 e. The van der Waals surface area contributed by atoms with E-state index >= 15 is 0 Å². The molecule has 2 heterocycles. The maximum Gasteiger partial charge on any atom is 0.278 e. The molecule has 8 nitrogen and oxygen atoms in total. The van der Waals surface area contributed by atoms with Crippen molar-refractivity contribution in [3.05, 3.63) is 60.2 Å². The van der Waals surface area contributed by atoms with Crippen LogP contribution in [0.25, 0.3) is 0 Å². The molecule has 0 bridgehead atoms. The van der Waals surface area contributed by atoms with Gasteiger partial charge in [0.2, 0.25) is 5.91 Å². The zero-order chi connectivity index (χ0) is 16.9. The Kier molecular flexibility index (Phi) is 4.32. The number of imidazole rings is 1. The standard InChI is InChI=1S/C15H13FN6O2/c16-9-1-3-10(4-2-9)20-15(24)14-12(7-19-22-14)21-13(23)5-11-6-17-8-18-11/h1-4,6-8H,5H2,(H,17,18)(H,19,22)(H,20,24)(H,21,23). The Balaban J connectivity index is 1.66. The number of hydrogen-bond donors (Lipinski definition) is 4. The van der Waals surface area contributed by atoms with Gasteiger partial charge < -0.3 is 15.6 Å². The van der Waals surface area contributed by atoms with Gasteiger partial charge in [0.05, 0.1) is 24.1 Å². The Morgan fingerprint density at radius 3 is 2.62 bits per heavy atom. The highest BCUT2D eigenvalue weighted by Gasteiger charge is 2.17. The normalized spacial score (nSPS) is 10.4. The van der Waals surface area contributed by atoms with Crippen molar-refractivity contribution in [3.63, 3.8) is 0 Å². The number of benzene rings is 1. The van der Waals surface area contributed by atoms with E-state index < -0.39 is 11.7 Å². The number of hydrogen-bond acceptors (Lipinski definition) is 4. The van der Waals surface area contributed by atoms with Gasteiger partial charge in [-0.05, 0) is 24.3 Å². The lowest BCUT2D eigenvalue weighted by Crippen LogP contribution is -2.19. The Hall–Kier alpha value is -3.49. The van der Waals surface area contributed by atoms with Crippen LogP contribution in [-0.2, 0) is 11.2 Å². The van der Waals surface area contributed by atoms with E-state index in [-0.39, 0.29) is 23.7 Å². The summed E-state index contributed by atoms with van der Waals surface area (Å²) in [6.45, 7) is 0. The summed E-state index contributed by atoms with van der Waals surface area (Å²) in [7, 11) is 0. The fraction of sp³-hybridized carbons (Fsp3) is 0.0667. The molecule has 0 radical (unpaired) electrons. The lowest BCUT2D eigenvalue weighted by atomic mass is 10.2. The van der Waals surface area contributed by atoms with Crippen LogP contribution in [-0.4, -0.2) is 32.0 Å². The number of aromatic amines is 2. The third kappa shape index (κ3) is 3.64. The minimum atomic E-state index is -0.530. The number of halogens is 1. The van der Waals surface area contributed by atoms with Gasteiger partial charge in [0.15, 0.2) is 5.69 Å². The number of nitrogens with zero attached hydrogens (tertiary/aromatic N) is 2. The minimum Gasteiger partial charge on any atom is -0.351 e. The monoisotopic (exact) mass is 328 g/mol. The van der Waals surface area contributed by atoms with E-state index in [0.717, 1.165) is 0 Å². The lowest BCUT2D eigenvalue weighted by Gasteiger charge is -2.06. The molecule has 2 amide bonds. The summed E-state index contributed by atoms with van der Waals surface area (Å²) >= 11 is 0. The van der Waals surface area contributed by atoms with E-state index in [1.807, 2.05) is 0 Å². The number of anilines is 2. The van der Waals surface area contributed by atoms with Gasteiger partial charge in [-0.25, -0.2) is 9.37 Å². The maximum absolute atomic E-state index is 12.9. The molecule has 0 atom stereocenters. The van der Waals surface area contributed by atoms with E-state index in [1.165, 1.54) is 36.8 Å². The van der Waals surface area contributed by atoms with E-state index in [2.05, 4.69) is 30.8 Å². The van der Waals surface area contributed by atoms with Gasteiger partial charge in [0.25, 0.3) is 5.91 Å². The highest BCUT2D eigenvalue weighted by molar-refractivity contribution is 6.08. The van der Waals surface area contributed by atoms with Gasteiger partial charge in [0.1, 0.15) is 5.82 Å². The number of nitrogens with one attached hydrogen (secondary N) is 4. The quantitative estimate of drug-likeness (QED) is 0.570. The van der Waals surface area contributed by atoms with Crippen molar-refractivity contribution in [3.8, 4) is 0 Å². The molecule has 0 saturated heterocycles. The summed E-state index contributed by atoms with van der Waals surface area (Å²) in [6.07, 6.45) is 4.55. The third-order valence-corrected chi connectivity index (χ3v) is 3.13. The Morgan fingerprint density at radius 1 is 1.12 bits per heavy atom. The zero-order valence-electron chi connectivity index (χ0n) is 12.3. The summed E-state index contributed by atoms with van der Waals surface area (Å²) in [5, 5.41) is 11.5. The van der Waals surface area contributed by atoms with Crippen LogP contribution in [0.2, 0.25) is 0 Å². The Labute approximate surface area is 135 Å². The van der Waals surface area contributed by atoms with Crippen molar-refractivity contribution in [1.82, 2.24) is 20.2 Å².